The van der Waals surface area contributed by atoms with Gasteiger partial charge in [-0.1, -0.05) is 18.2 Å². The van der Waals surface area contributed by atoms with Gasteiger partial charge in [-0.2, -0.15) is 0 Å². The normalized spacial score (nSPS) is 18.8. The van der Waals surface area contributed by atoms with Crippen LogP contribution in [0.15, 0.2) is 47.4 Å². The highest BCUT2D eigenvalue weighted by atomic mass is 32.1. The molecule has 0 unspecified atom stereocenters. The molecular formula is C25H28N4O3S. The number of amides is 2. The molecule has 1 N–H and O–H groups in total. The second-order valence-corrected chi connectivity index (χ2v) is 9.45. The summed E-state index contributed by atoms with van der Waals surface area (Å²) in [4.78, 5) is 34.0. The quantitative estimate of drug-likeness (QED) is 0.709. The van der Waals surface area contributed by atoms with E-state index in [1.54, 1.807) is 11.3 Å². The lowest BCUT2D eigenvalue weighted by Gasteiger charge is -2.25. The zero-order chi connectivity index (χ0) is 22.6. The summed E-state index contributed by atoms with van der Waals surface area (Å²) < 4.78 is 5.34. The molecule has 2 aromatic rings. The smallest absolute Gasteiger partial charge is 0.250 e. The standard InChI is InChI=1S/C25H28N4O3S/c30-23(16-28-10-12-32-13-11-28)26-21-5-3-4-19(15-21)24-27-22(17-33-24)18-6-7-20(14-18)25(31)29-8-1-2-9-29/h3-6,14-15,17H,1-2,7-13,16H2,(H,26,30). The minimum absolute atomic E-state index is 0.0228. The van der Waals surface area contributed by atoms with Gasteiger partial charge in [0.05, 0.1) is 25.5 Å². The third-order valence-electron chi connectivity index (χ3n) is 6.20. The molecule has 1 aliphatic carbocycles. The van der Waals surface area contributed by atoms with Crippen molar-refractivity contribution in [2.75, 3.05) is 51.3 Å². The molecule has 5 rings (SSSR count). The van der Waals surface area contributed by atoms with Gasteiger partial charge >= 0.3 is 0 Å². The Labute approximate surface area is 197 Å². The van der Waals surface area contributed by atoms with Crippen molar-refractivity contribution in [2.24, 2.45) is 0 Å². The number of allylic oxidation sites excluding steroid dienone is 3. The Kier molecular flexibility index (Phi) is 6.66. The van der Waals surface area contributed by atoms with E-state index in [0.29, 0.717) is 26.2 Å². The van der Waals surface area contributed by atoms with Gasteiger partial charge < -0.3 is 15.0 Å². The first kappa shape index (κ1) is 22.0. The van der Waals surface area contributed by atoms with Crippen molar-refractivity contribution < 1.29 is 14.3 Å². The summed E-state index contributed by atoms with van der Waals surface area (Å²) in [5.41, 5.74) is 4.48. The first-order valence-corrected chi connectivity index (χ1v) is 12.4. The van der Waals surface area contributed by atoms with E-state index < -0.39 is 0 Å². The van der Waals surface area contributed by atoms with E-state index in [1.165, 1.54) is 0 Å². The average molecular weight is 465 g/mol. The molecule has 2 aliphatic heterocycles. The second kappa shape index (κ2) is 9.99. The van der Waals surface area contributed by atoms with Gasteiger partial charge in [0.25, 0.3) is 0 Å². The van der Waals surface area contributed by atoms with Crippen molar-refractivity contribution in [2.45, 2.75) is 19.3 Å². The largest absolute Gasteiger partial charge is 0.379 e. The van der Waals surface area contributed by atoms with E-state index >= 15 is 0 Å². The van der Waals surface area contributed by atoms with Crippen LogP contribution in [0.25, 0.3) is 16.1 Å². The van der Waals surface area contributed by atoms with Crippen LogP contribution in [0.2, 0.25) is 0 Å². The van der Waals surface area contributed by atoms with Gasteiger partial charge in [0, 0.05) is 48.4 Å². The number of benzene rings is 1. The van der Waals surface area contributed by atoms with E-state index in [1.807, 2.05) is 40.6 Å². The van der Waals surface area contributed by atoms with Gasteiger partial charge in [-0.3, -0.25) is 14.5 Å². The van der Waals surface area contributed by atoms with Gasteiger partial charge in [-0.05, 0) is 43.0 Å². The number of rotatable bonds is 6. The molecule has 8 heteroatoms. The molecular weight excluding hydrogens is 436 g/mol. The fourth-order valence-electron chi connectivity index (χ4n) is 4.41. The molecule has 0 saturated carbocycles. The molecule has 3 heterocycles. The molecule has 2 amide bonds. The third-order valence-corrected chi connectivity index (χ3v) is 7.10. The summed E-state index contributed by atoms with van der Waals surface area (Å²) in [6.07, 6.45) is 6.94. The van der Waals surface area contributed by atoms with Crippen LogP contribution in [-0.2, 0) is 14.3 Å². The summed E-state index contributed by atoms with van der Waals surface area (Å²) in [6, 6.07) is 7.79. The number of morpholine rings is 1. The van der Waals surface area contributed by atoms with Crippen LogP contribution in [0.4, 0.5) is 5.69 Å². The fraction of sp³-hybridized carbons (Fsp3) is 0.400. The monoisotopic (exact) mass is 464 g/mol. The van der Waals surface area contributed by atoms with Crippen molar-refractivity contribution in [1.29, 1.82) is 0 Å². The summed E-state index contributed by atoms with van der Waals surface area (Å²) in [7, 11) is 0. The van der Waals surface area contributed by atoms with Crippen LogP contribution >= 0.6 is 11.3 Å². The number of anilines is 1. The number of nitrogens with one attached hydrogen (secondary N) is 1. The van der Waals surface area contributed by atoms with Crippen molar-refractivity contribution in [3.8, 4) is 10.6 Å². The average Bonchev–Trinajstić information content (AvgIpc) is 3.61. The maximum atomic E-state index is 12.7. The zero-order valence-electron chi connectivity index (χ0n) is 18.6. The van der Waals surface area contributed by atoms with Gasteiger partial charge in [0.2, 0.25) is 11.8 Å². The molecule has 33 heavy (non-hydrogen) atoms. The van der Waals surface area contributed by atoms with E-state index in [4.69, 9.17) is 9.72 Å². The number of carbonyl (C=O) groups is 2. The van der Waals surface area contributed by atoms with E-state index in [0.717, 1.165) is 72.1 Å². The Hall–Kier alpha value is -2.81. The Morgan fingerprint density at radius 3 is 2.76 bits per heavy atom. The minimum Gasteiger partial charge on any atom is -0.379 e. The molecule has 2 fully saturated rings. The molecule has 3 aliphatic rings. The van der Waals surface area contributed by atoms with Crippen molar-refractivity contribution in [3.63, 3.8) is 0 Å². The summed E-state index contributed by atoms with van der Waals surface area (Å²) in [5, 5.41) is 5.92. The molecule has 172 valence electrons. The maximum absolute atomic E-state index is 12.7. The number of carbonyl (C=O) groups excluding carboxylic acids is 2. The van der Waals surface area contributed by atoms with E-state index in [9.17, 15) is 9.59 Å². The number of hydrogen-bond donors (Lipinski definition) is 1. The highest BCUT2D eigenvalue weighted by molar-refractivity contribution is 7.13. The number of ether oxygens (including phenoxy) is 1. The van der Waals surface area contributed by atoms with Crippen LogP contribution in [0.1, 0.15) is 25.0 Å². The number of likely N-dealkylation sites (tertiary alicyclic amines) is 1. The fourth-order valence-corrected chi connectivity index (χ4v) is 5.23. The van der Waals surface area contributed by atoms with Crippen LogP contribution in [0.3, 0.4) is 0 Å². The van der Waals surface area contributed by atoms with Crippen LogP contribution in [0, 0.1) is 0 Å². The molecule has 0 spiro atoms. The molecule has 7 nitrogen and oxygen atoms in total. The highest BCUT2D eigenvalue weighted by Crippen LogP contribution is 2.32. The van der Waals surface area contributed by atoms with Gasteiger partial charge in [-0.15, -0.1) is 11.3 Å². The van der Waals surface area contributed by atoms with E-state index in [2.05, 4.69) is 16.3 Å². The van der Waals surface area contributed by atoms with Crippen molar-refractivity contribution in [1.82, 2.24) is 14.8 Å². The Bertz CT molecular complexity index is 1090. The van der Waals surface area contributed by atoms with Gasteiger partial charge in [0.15, 0.2) is 0 Å². The van der Waals surface area contributed by atoms with Crippen molar-refractivity contribution >= 4 is 34.4 Å². The molecule has 2 saturated heterocycles. The molecule has 0 radical (unpaired) electrons. The lowest BCUT2D eigenvalue weighted by Crippen LogP contribution is -2.41. The predicted octanol–water partition coefficient (Wildman–Crippen LogP) is 3.42. The van der Waals surface area contributed by atoms with Crippen LogP contribution < -0.4 is 5.32 Å². The van der Waals surface area contributed by atoms with Crippen LogP contribution in [-0.4, -0.2) is 72.5 Å². The maximum Gasteiger partial charge on any atom is 0.250 e. The second-order valence-electron chi connectivity index (χ2n) is 8.59. The van der Waals surface area contributed by atoms with Crippen LogP contribution in [0.5, 0.6) is 0 Å². The van der Waals surface area contributed by atoms with E-state index in [-0.39, 0.29) is 11.8 Å². The summed E-state index contributed by atoms with van der Waals surface area (Å²) in [6.45, 7) is 5.02. The number of aromatic nitrogens is 1. The minimum atomic E-state index is -0.0228. The number of nitrogens with zero attached hydrogens (tertiary/aromatic N) is 3. The number of thiazole rings is 1. The Morgan fingerprint density at radius 2 is 1.94 bits per heavy atom. The predicted molar refractivity (Wildman–Crippen MR) is 130 cm³/mol. The molecule has 0 bridgehead atoms. The molecule has 1 aromatic heterocycles. The van der Waals surface area contributed by atoms with Gasteiger partial charge in [0.1, 0.15) is 5.01 Å². The molecule has 1 aromatic carbocycles. The third kappa shape index (κ3) is 5.24. The Balaban J connectivity index is 1.23. The Morgan fingerprint density at radius 1 is 1.12 bits per heavy atom. The van der Waals surface area contributed by atoms with Gasteiger partial charge in [-0.25, -0.2) is 4.98 Å². The first-order chi connectivity index (χ1) is 16.2. The summed E-state index contributed by atoms with van der Waals surface area (Å²) in [5.74, 6) is 0.139. The summed E-state index contributed by atoms with van der Waals surface area (Å²) >= 11 is 1.57. The first-order valence-electron chi connectivity index (χ1n) is 11.5. The number of hydrogen-bond acceptors (Lipinski definition) is 6. The topological polar surface area (TPSA) is 74.8 Å². The lowest BCUT2D eigenvalue weighted by atomic mass is 10.2. The lowest BCUT2D eigenvalue weighted by molar-refractivity contribution is -0.126. The zero-order valence-corrected chi connectivity index (χ0v) is 19.4. The SMILES string of the molecule is O=C(CN1CCOCC1)Nc1cccc(-c2nc(C3=CCC(C(=O)N4CCCC4)=C3)cs2)c1. The van der Waals surface area contributed by atoms with Crippen molar-refractivity contribution in [3.05, 3.63) is 53.1 Å². The highest BCUT2D eigenvalue weighted by Gasteiger charge is 2.24. The molecule has 0 atom stereocenters.